The Balaban J connectivity index is 2.13. The van der Waals surface area contributed by atoms with Gasteiger partial charge in [-0.1, -0.05) is 6.92 Å². The van der Waals surface area contributed by atoms with Crippen molar-refractivity contribution in [2.24, 2.45) is 0 Å². The number of hydrogen-bond donors (Lipinski definition) is 2. The fourth-order valence-electron chi connectivity index (χ4n) is 1.03. The van der Waals surface area contributed by atoms with Crippen LogP contribution in [0.3, 0.4) is 0 Å². The highest BCUT2D eigenvalue weighted by Crippen LogP contribution is 2.02. The second-order valence-electron chi connectivity index (χ2n) is 2.32. The Morgan fingerprint density at radius 3 is 2.88 bits per heavy atom. The summed E-state index contributed by atoms with van der Waals surface area (Å²) in [5, 5.41) is 0. The number of nitrogens with one attached hydrogen (secondary N) is 2. The molecule has 1 atom stereocenters. The highest BCUT2D eigenvalue weighted by atomic mass is 15.4. The first-order chi connectivity index (χ1) is 3.93. The molecule has 0 aromatic heterocycles. The first-order valence-electron chi connectivity index (χ1n) is 3.42. The smallest absolute Gasteiger partial charge is 0.0210 e. The molecule has 0 aliphatic carbocycles. The zero-order chi connectivity index (χ0) is 5.82. The van der Waals surface area contributed by atoms with Gasteiger partial charge in [0.1, 0.15) is 0 Å². The van der Waals surface area contributed by atoms with Gasteiger partial charge in [-0.2, -0.15) is 0 Å². The molecule has 2 N–H and O–H groups in total. The molecular formula is C6H14N2. The third kappa shape index (κ3) is 1.46. The average Bonchev–Trinajstić information content (AvgIpc) is 1.90. The van der Waals surface area contributed by atoms with E-state index in [0.717, 1.165) is 12.6 Å². The lowest BCUT2D eigenvalue weighted by molar-refractivity contribution is 0.336. The largest absolute Gasteiger partial charge is 0.258 e. The summed E-state index contributed by atoms with van der Waals surface area (Å²) in [6, 6.07) is 0.726. The van der Waals surface area contributed by atoms with E-state index >= 15 is 0 Å². The van der Waals surface area contributed by atoms with Crippen molar-refractivity contribution < 1.29 is 0 Å². The van der Waals surface area contributed by atoms with Gasteiger partial charge in [0.05, 0.1) is 0 Å². The van der Waals surface area contributed by atoms with E-state index in [2.05, 4.69) is 17.8 Å². The topological polar surface area (TPSA) is 24.1 Å². The molecule has 0 amide bonds. The zero-order valence-electron chi connectivity index (χ0n) is 5.41. The van der Waals surface area contributed by atoms with Crippen LogP contribution in [0.4, 0.5) is 0 Å². The van der Waals surface area contributed by atoms with E-state index in [1.165, 1.54) is 19.3 Å². The Morgan fingerprint density at radius 1 is 1.62 bits per heavy atom. The third-order valence-corrected chi connectivity index (χ3v) is 1.65. The highest BCUT2D eigenvalue weighted by molar-refractivity contribution is 4.66. The lowest BCUT2D eigenvalue weighted by Gasteiger charge is -2.22. The lowest BCUT2D eigenvalue weighted by atomic mass is 10.1. The van der Waals surface area contributed by atoms with Gasteiger partial charge >= 0.3 is 0 Å². The van der Waals surface area contributed by atoms with Gasteiger partial charge in [0.2, 0.25) is 0 Å². The first-order valence-corrected chi connectivity index (χ1v) is 3.42. The zero-order valence-corrected chi connectivity index (χ0v) is 5.41. The molecular weight excluding hydrogens is 100 g/mol. The SMILES string of the molecule is CCC1CCCNN1. The number of hydrogen-bond acceptors (Lipinski definition) is 2. The summed E-state index contributed by atoms with van der Waals surface area (Å²) in [7, 11) is 0. The van der Waals surface area contributed by atoms with Crippen molar-refractivity contribution in [2.75, 3.05) is 6.54 Å². The van der Waals surface area contributed by atoms with E-state index in [1.54, 1.807) is 0 Å². The minimum Gasteiger partial charge on any atom is -0.258 e. The summed E-state index contributed by atoms with van der Waals surface area (Å²) in [4.78, 5) is 0. The molecule has 1 aliphatic heterocycles. The van der Waals surface area contributed by atoms with Crippen LogP contribution in [-0.2, 0) is 0 Å². The maximum Gasteiger partial charge on any atom is 0.0210 e. The van der Waals surface area contributed by atoms with Crippen molar-refractivity contribution in [1.82, 2.24) is 10.9 Å². The molecule has 1 heterocycles. The van der Waals surface area contributed by atoms with Crippen LogP contribution in [-0.4, -0.2) is 12.6 Å². The minimum absolute atomic E-state index is 0.726. The second-order valence-corrected chi connectivity index (χ2v) is 2.32. The molecule has 1 unspecified atom stereocenters. The van der Waals surface area contributed by atoms with Crippen LogP contribution in [0.25, 0.3) is 0 Å². The van der Waals surface area contributed by atoms with E-state index in [0.29, 0.717) is 0 Å². The van der Waals surface area contributed by atoms with E-state index in [1.807, 2.05) is 0 Å². The Hall–Kier alpha value is -0.0800. The van der Waals surface area contributed by atoms with Crippen LogP contribution in [0.5, 0.6) is 0 Å². The van der Waals surface area contributed by atoms with Crippen LogP contribution in [0, 0.1) is 0 Å². The van der Waals surface area contributed by atoms with Gasteiger partial charge in [-0.25, -0.2) is 0 Å². The average molecular weight is 114 g/mol. The number of hydrazine groups is 1. The summed E-state index contributed by atoms with van der Waals surface area (Å²) >= 11 is 0. The van der Waals surface area contributed by atoms with Gasteiger partial charge in [-0.05, 0) is 19.3 Å². The number of rotatable bonds is 1. The molecule has 0 saturated carbocycles. The Bertz CT molecular complexity index is 57.5. The van der Waals surface area contributed by atoms with Crippen molar-refractivity contribution in [1.29, 1.82) is 0 Å². The molecule has 1 rings (SSSR count). The molecule has 2 heteroatoms. The van der Waals surface area contributed by atoms with Crippen LogP contribution in [0.15, 0.2) is 0 Å². The fraction of sp³-hybridized carbons (Fsp3) is 1.00. The molecule has 2 nitrogen and oxygen atoms in total. The van der Waals surface area contributed by atoms with Crippen molar-refractivity contribution >= 4 is 0 Å². The van der Waals surface area contributed by atoms with Crippen molar-refractivity contribution in [2.45, 2.75) is 32.2 Å². The highest BCUT2D eigenvalue weighted by Gasteiger charge is 2.07. The molecule has 1 fully saturated rings. The Labute approximate surface area is 50.6 Å². The van der Waals surface area contributed by atoms with Gasteiger partial charge in [0, 0.05) is 12.6 Å². The van der Waals surface area contributed by atoms with Crippen molar-refractivity contribution in [3.8, 4) is 0 Å². The van der Waals surface area contributed by atoms with E-state index < -0.39 is 0 Å². The van der Waals surface area contributed by atoms with Crippen molar-refractivity contribution in [3.05, 3.63) is 0 Å². The van der Waals surface area contributed by atoms with E-state index in [4.69, 9.17) is 0 Å². The minimum atomic E-state index is 0.726. The Morgan fingerprint density at radius 2 is 2.50 bits per heavy atom. The van der Waals surface area contributed by atoms with Crippen LogP contribution >= 0.6 is 0 Å². The van der Waals surface area contributed by atoms with Gasteiger partial charge in [-0.15, -0.1) is 0 Å². The first kappa shape index (κ1) is 6.05. The van der Waals surface area contributed by atoms with E-state index in [-0.39, 0.29) is 0 Å². The molecule has 0 aromatic rings. The summed E-state index contributed by atoms with van der Waals surface area (Å²) in [5.74, 6) is 0. The fourth-order valence-corrected chi connectivity index (χ4v) is 1.03. The maximum absolute atomic E-state index is 3.22. The van der Waals surface area contributed by atoms with Crippen molar-refractivity contribution in [3.63, 3.8) is 0 Å². The summed E-state index contributed by atoms with van der Waals surface area (Å²) in [5.41, 5.74) is 6.35. The molecule has 1 aliphatic rings. The normalized spacial score (nSPS) is 30.4. The van der Waals surface area contributed by atoms with E-state index in [9.17, 15) is 0 Å². The standard InChI is InChI=1S/C6H14N2/c1-2-6-4-3-5-7-8-6/h6-8H,2-5H2,1H3. The summed E-state index contributed by atoms with van der Waals surface area (Å²) in [6.45, 7) is 3.35. The predicted molar refractivity (Wildman–Crippen MR) is 34.5 cm³/mol. The predicted octanol–water partition coefficient (Wildman–Crippen LogP) is 0.653. The lowest BCUT2D eigenvalue weighted by Crippen LogP contribution is -2.45. The molecule has 0 spiro atoms. The molecule has 48 valence electrons. The molecule has 1 saturated heterocycles. The van der Waals surface area contributed by atoms with Crippen LogP contribution < -0.4 is 10.9 Å². The Kier molecular flexibility index (Phi) is 2.30. The molecule has 0 bridgehead atoms. The quantitative estimate of drug-likeness (QED) is 0.523. The van der Waals surface area contributed by atoms with Gasteiger partial charge in [-0.3, -0.25) is 10.9 Å². The van der Waals surface area contributed by atoms with Crippen LogP contribution in [0.2, 0.25) is 0 Å². The molecule has 0 aromatic carbocycles. The summed E-state index contributed by atoms with van der Waals surface area (Å²) < 4.78 is 0. The maximum atomic E-state index is 3.22. The monoisotopic (exact) mass is 114 g/mol. The third-order valence-electron chi connectivity index (χ3n) is 1.65. The van der Waals surface area contributed by atoms with Gasteiger partial charge in [0.25, 0.3) is 0 Å². The second kappa shape index (κ2) is 3.05. The van der Waals surface area contributed by atoms with Gasteiger partial charge in [0.15, 0.2) is 0 Å². The van der Waals surface area contributed by atoms with Gasteiger partial charge < -0.3 is 0 Å². The molecule has 8 heavy (non-hydrogen) atoms. The summed E-state index contributed by atoms with van der Waals surface area (Å²) in [6.07, 6.45) is 3.90. The van der Waals surface area contributed by atoms with Crippen LogP contribution in [0.1, 0.15) is 26.2 Å². The molecule has 0 radical (unpaired) electrons.